The predicted octanol–water partition coefficient (Wildman–Crippen LogP) is 4.27. The highest BCUT2D eigenvalue weighted by Crippen LogP contribution is 2.27. The molecule has 9 heteroatoms. The Morgan fingerprint density at radius 3 is 2.86 bits per heavy atom. The number of amides is 1. The van der Waals surface area contributed by atoms with Gasteiger partial charge in [-0.25, -0.2) is 4.98 Å². The highest BCUT2D eigenvalue weighted by molar-refractivity contribution is 5.94. The number of hydrogen-bond acceptors (Lipinski definition) is 6. The van der Waals surface area contributed by atoms with Crippen molar-refractivity contribution in [1.82, 2.24) is 19.5 Å². The first-order valence-electron chi connectivity index (χ1n) is 11.9. The molecule has 0 saturated heterocycles. The van der Waals surface area contributed by atoms with Gasteiger partial charge in [-0.1, -0.05) is 6.07 Å². The molecule has 0 radical (unpaired) electrons. The number of aromatic nitrogens is 4. The Balaban J connectivity index is 1.35. The fraction of sp³-hybridized carbons (Fsp3) is 0.222. The van der Waals surface area contributed by atoms with Crippen molar-refractivity contribution in [2.75, 3.05) is 23.8 Å². The first-order chi connectivity index (χ1) is 17.5. The topological polar surface area (TPSA) is 123 Å². The van der Waals surface area contributed by atoms with Gasteiger partial charge in [-0.05, 0) is 55.3 Å². The Morgan fingerprint density at radius 1 is 1.14 bits per heavy atom. The number of H-pyrrole nitrogens is 1. The number of nitrogens with one attached hydrogen (secondary N) is 3. The summed E-state index contributed by atoms with van der Waals surface area (Å²) in [4.78, 5) is 24.1. The van der Waals surface area contributed by atoms with Crippen LogP contribution in [-0.2, 0) is 24.7 Å². The molecule has 0 fully saturated rings. The molecule has 0 aliphatic heterocycles. The molecule has 0 unspecified atom stereocenters. The number of nitrogens with two attached hydrogens (primary N) is 1. The van der Waals surface area contributed by atoms with Crippen LogP contribution in [0.25, 0.3) is 21.8 Å². The van der Waals surface area contributed by atoms with Crippen LogP contribution in [0.1, 0.15) is 18.2 Å². The normalized spacial score (nSPS) is 11.2. The van der Waals surface area contributed by atoms with E-state index in [9.17, 15) is 4.79 Å². The summed E-state index contributed by atoms with van der Waals surface area (Å²) >= 11 is 0. The van der Waals surface area contributed by atoms with Gasteiger partial charge in [-0.3, -0.25) is 4.79 Å². The van der Waals surface area contributed by atoms with Gasteiger partial charge in [0.05, 0.1) is 18.7 Å². The number of primary amides is 1. The lowest BCUT2D eigenvalue weighted by Gasteiger charge is -2.12. The summed E-state index contributed by atoms with van der Waals surface area (Å²) in [5.74, 6) is 1.44. The predicted molar refractivity (Wildman–Crippen MR) is 143 cm³/mol. The van der Waals surface area contributed by atoms with Crippen molar-refractivity contribution in [3.05, 3.63) is 72.2 Å². The van der Waals surface area contributed by atoms with E-state index < -0.39 is 5.91 Å². The maximum absolute atomic E-state index is 11.6. The standard InChI is InChI=1S/C27H29N7O2/c1-3-36-19-7-8-22-21(15-19)17(16-30-22)9-11-29-27-31-18(13-25(28)35)14-26(33-27)32-23-5-4-6-24-20(23)10-12-34(24)2/h4-8,10,12,14-16,30H,3,9,11,13H2,1-2H3,(H2,28,35)(H2,29,31,32,33). The van der Waals surface area contributed by atoms with E-state index in [0.29, 0.717) is 30.6 Å². The minimum atomic E-state index is -0.445. The first-order valence-corrected chi connectivity index (χ1v) is 11.9. The number of carbonyl (C=O) groups is 1. The summed E-state index contributed by atoms with van der Waals surface area (Å²) in [6.45, 7) is 3.21. The Bertz CT molecular complexity index is 1540. The summed E-state index contributed by atoms with van der Waals surface area (Å²) in [7, 11) is 2.01. The van der Waals surface area contributed by atoms with E-state index in [1.807, 2.05) is 50.6 Å². The van der Waals surface area contributed by atoms with E-state index in [4.69, 9.17) is 10.5 Å². The van der Waals surface area contributed by atoms with Gasteiger partial charge in [0.15, 0.2) is 0 Å². The monoisotopic (exact) mass is 483 g/mol. The largest absolute Gasteiger partial charge is 0.494 e. The number of rotatable bonds is 10. The quantitative estimate of drug-likeness (QED) is 0.235. The highest BCUT2D eigenvalue weighted by Gasteiger charge is 2.11. The van der Waals surface area contributed by atoms with Gasteiger partial charge in [-0.15, -0.1) is 0 Å². The molecule has 0 aliphatic carbocycles. The minimum absolute atomic E-state index is 0.0318. The number of nitrogens with zero attached hydrogens (tertiary/aromatic N) is 3. The molecular formula is C27H29N7O2. The average molecular weight is 484 g/mol. The molecular weight excluding hydrogens is 454 g/mol. The van der Waals surface area contributed by atoms with Crippen molar-refractivity contribution < 1.29 is 9.53 Å². The van der Waals surface area contributed by atoms with Crippen molar-refractivity contribution in [1.29, 1.82) is 0 Å². The molecule has 0 atom stereocenters. The van der Waals surface area contributed by atoms with Crippen LogP contribution in [0.4, 0.5) is 17.5 Å². The molecule has 9 nitrogen and oxygen atoms in total. The second-order valence-electron chi connectivity index (χ2n) is 8.63. The summed E-state index contributed by atoms with van der Waals surface area (Å²) in [6, 6.07) is 15.9. The van der Waals surface area contributed by atoms with Crippen molar-refractivity contribution in [2.24, 2.45) is 12.8 Å². The molecule has 5 rings (SSSR count). The van der Waals surface area contributed by atoms with Crippen LogP contribution in [0.2, 0.25) is 0 Å². The molecule has 0 saturated carbocycles. The summed E-state index contributed by atoms with van der Waals surface area (Å²) in [5, 5.41) is 8.90. The van der Waals surface area contributed by atoms with E-state index in [-0.39, 0.29) is 6.42 Å². The second kappa shape index (κ2) is 9.99. The maximum Gasteiger partial charge on any atom is 0.224 e. The van der Waals surface area contributed by atoms with E-state index >= 15 is 0 Å². The molecule has 5 N–H and O–H groups in total. The smallest absolute Gasteiger partial charge is 0.224 e. The van der Waals surface area contributed by atoms with Gasteiger partial charge < -0.3 is 30.7 Å². The van der Waals surface area contributed by atoms with E-state index in [1.54, 1.807) is 6.07 Å². The number of carbonyl (C=O) groups excluding carboxylic acids is 1. The molecule has 0 bridgehead atoms. The third kappa shape index (κ3) is 4.95. The van der Waals surface area contributed by atoms with Crippen LogP contribution in [0.3, 0.4) is 0 Å². The summed E-state index contributed by atoms with van der Waals surface area (Å²) < 4.78 is 7.72. The molecule has 0 spiro atoms. The van der Waals surface area contributed by atoms with Gasteiger partial charge in [0, 0.05) is 59.5 Å². The van der Waals surface area contributed by atoms with E-state index in [1.165, 1.54) is 5.56 Å². The zero-order valence-electron chi connectivity index (χ0n) is 20.3. The fourth-order valence-electron chi connectivity index (χ4n) is 4.39. The van der Waals surface area contributed by atoms with Crippen LogP contribution >= 0.6 is 0 Å². The molecule has 5 aromatic rings. The molecule has 1 amide bonds. The van der Waals surface area contributed by atoms with Gasteiger partial charge in [0.2, 0.25) is 11.9 Å². The summed E-state index contributed by atoms with van der Waals surface area (Å²) in [6.07, 6.45) is 4.82. The maximum atomic E-state index is 11.6. The Hall–Kier alpha value is -4.53. The lowest BCUT2D eigenvalue weighted by molar-refractivity contribution is -0.117. The Labute approximate surface area is 208 Å². The molecule has 184 valence electrons. The molecule has 3 heterocycles. The molecule has 3 aromatic heterocycles. The Morgan fingerprint density at radius 2 is 2.03 bits per heavy atom. The van der Waals surface area contributed by atoms with Crippen molar-refractivity contribution >= 4 is 45.2 Å². The second-order valence-corrected chi connectivity index (χ2v) is 8.63. The van der Waals surface area contributed by atoms with Crippen LogP contribution in [-0.4, -0.2) is 38.6 Å². The van der Waals surface area contributed by atoms with Gasteiger partial charge in [-0.2, -0.15) is 4.98 Å². The van der Waals surface area contributed by atoms with Crippen LogP contribution in [0.5, 0.6) is 5.75 Å². The minimum Gasteiger partial charge on any atom is -0.494 e. The first kappa shape index (κ1) is 23.2. The lowest BCUT2D eigenvalue weighted by atomic mass is 10.1. The molecule has 0 aliphatic rings. The zero-order valence-corrected chi connectivity index (χ0v) is 20.3. The third-order valence-corrected chi connectivity index (χ3v) is 6.05. The fourth-order valence-corrected chi connectivity index (χ4v) is 4.39. The Kier molecular flexibility index (Phi) is 6.44. The number of benzene rings is 2. The van der Waals surface area contributed by atoms with Crippen LogP contribution in [0, 0.1) is 0 Å². The van der Waals surface area contributed by atoms with Crippen molar-refractivity contribution in [3.63, 3.8) is 0 Å². The lowest BCUT2D eigenvalue weighted by Crippen LogP contribution is -2.16. The van der Waals surface area contributed by atoms with Gasteiger partial charge in [0.25, 0.3) is 0 Å². The van der Waals surface area contributed by atoms with E-state index in [2.05, 4.69) is 48.4 Å². The molecule has 2 aromatic carbocycles. The number of aryl methyl sites for hydroxylation is 1. The summed E-state index contributed by atoms with van der Waals surface area (Å²) in [5.41, 5.74) is 10.3. The SMILES string of the molecule is CCOc1ccc2[nH]cc(CCNc3nc(CC(N)=O)cc(Nc4cccc5c4ccn5C)n3)c2c1. The number of fused-ring (bicyclic) bond motifs is 2. The molecule has 36 heavy (non-hydrogen) atoms. The van der Waals surface area contributed by atoms with Gasteiger partial charge in [0.1, 0.15) is 11.6 Å². The number of hydrogen-bond donors (Lipinski definition) is 4. The number of anilines is 3. The number of ether oxygens (including phenoxy) is 1. The van der Waals surface area contributed by atoms with Crippen molar-refractivity contribution in [2.45, 2.75) is 19.8 Å². The van der Waals surface area contributed by atoms with Crippen molar-refractivity contribution in [3.8, 4) is 5.75 Å². The third-order valence-electron chi connectivity index (χ3n) is 6.05. The number of aromatic amines is 1. The highest BCUT2D eigenvalue weighted by atomic mass is 16.5. The average Bonchev–Trinajstić information content (AvgIpc) is 3.43. The van der Waals surface area contributed by atoms with Crippen LogP contribution < -0.4 is 21.1 Å². The van der Waals surface area contributed by atoms with E-state index in [0.717, 1.165) is 39.7 Å². The van der Waals surface area contributed by atoms with Crippen LogP contribution in [0.15, 0.2) is 60.9 Å². The van der Waals surface area contributed by atoms with Gasteiger partial charge >= 0.3 is 0 Å². The zero-order chi connectivity index (χ0) is 25.1.